The Kier molecular flexibility index (Phi) is 24.1. The van der Waals surface area contributed by atoms with Crippen molar-refractivity contribution < 1.29 is 23.9 Å². The number of carboxylic acid groups (broad SMARTS) is 1. The van der Waals surface area contributed by atoms with Crippen LogP contribution < -0.4 is 0 Å². The van der Waals surface area contributed by atoms with Crippen LogP contribution in [0.2, 0.25) is 0 Å². The maximum absolute atomic E-state index is 11.8. The van der Waals surface area contributed by atoms with Crippen LogP contribution in [-0.4, -0.2) is 46.7 Å². The second-order valence-electron chi connectivity index (χ2n) is 9.84. The molecule has 3 unspecified atom stereocenters. The molecule has 0 bridgehead atoms. The highest BCUT2D eigenvalue weighted by atomic mass is 32.2. The molecule has 3 atom stereocenters. The molecule has 0 radical (unpaired) electrons. The molecule has 0 aromatic rings. The molecule has 0 aliphatic carbocycles. The molecule has 7 heteroatoms. The van der Waals surface area contributed by atoms with Gasteiger partial charge >= 0.3 is 5.97 Å². The number of thioether (sulfide) groups is 1. The van der Waals surface area contributed by atoms with Crippen LogP contribution in [0.5, 0.6) is 0 Å². The second-order valence-corrected chi connectivity index (χ2v) is 12.1. The zero-order valence-corrected chi connectivity index (χ0v) is 24.9. The predicted molar refractivity (Wildman–Crippen MR) is 151 cm³/mol. The van der Waals surface area contributed by atoms with Crippen molar-refractivity contribution in [2.24, 2.45) is 0 Å². The fraction of sp³-hybridized carbons (Fsp3) is 0.964. The van der Waals surface area contributed by atoms with Gasteiger partial charge in [0.2, 0.25) is 8.46 Å². The second kappa shape index (κ2) is 24.2. The van der Waals surface area contributed by atoms with Gasteiger partial charge in [-0.1, -0.05) is 111 Å². The first-order valence-corrected chi connectivity index (χ1v) is 16.3. The number of rotatable bonds is 27. The summed E-state index contributed by atoms with van der Waals surface area (Å²) < 4.78 is 23.2. The molecule has 0 amide bonds. The highest BCUT2D eigenvalue weighted by Gasteiger charge is 2.42. The van der Waals surface area contributed by atoms with E-state index in [0.717, 1.165) is 12.2 Å². The third-order valence-corrected chi connectivity index (χ3v) is 8.83. The van der Waals surface area contributed by atoms with Crippen molar-refractivity contribution in [1.82, 2.24) is 0 Å². The summed E-state index contributed by atoms with van der Waals surface area (Å²) in [6, 6.07) is 0. The van der Waals surface area contributed by atoms with Gasteiger partial charge in [0.1, 0.15) is 0 Å². The number of carbonyl (C=O) groups is 1. The van der Waals surface area contributed by atoms with Crippen LogP contribution in [0.1, 0.15) is 137 Å². The topological polar surface area (TPSA) is 72.8 Å². The zero-order valence-electron chi connectivity index (χ0n) is 23.2. The molecular formula is C28H55O5PS. The van der Waals surface area contributed by atoms with Crippen LogP contribution >= 0.6 is 20.2 Å². The molecule has 5 nitrogen and oxygen atoms in total. The molecule has 0 aromatic carbocycles. The first-order chi connectivity index (χ1) is 17.0. The molecular weight excluding hydrogens is 479 g/mol. The van der Waals surface area contributed by atoms with Crippen LogP contribution in [0.15, 0.2) is 0 Å². The van der Waals surface area contributed by atoms with Crippen molar-refractivity contribution in [2.45, 2.75) is 154 Å². The van der Waals surface area contributed by atoms with E-state index in [2.05, 4.69) is 13.8 Å². The summed E-state index contributed by atoms with van der Waals surface area (Å²) in [4.78, 5) is 11.8. The molecule has 0 aliphatic rings. The van der Waals surface area contributed by atoms with E-state index in [1.54, 1.807) is 0 Å². The Morgan fingerprint density at radius 3 is 1.83 bits per heavy atom. The van der Waals surface area contributed by atoms with E-state index in [-0.39, 0.29) is 19.3 Å². The molecule has 0 spiro atoms. The minimum absolute atomic E-state index is 0.111. The average Bonchev–Trinajstić information content (AvgIpc) is 2.85. The molecule has 0 aromatic heterocycles. The Bertz CT molecular complexity index is 508. The summed E-state index contributed by atoms with van der Waals surface area (Å²) in [5.41, 5.74) is 0. The number of carboxylic acids is 1. The summed E-state index contributed by atoms with van der Waals surface area (Å²) in [6.45, 7) is 8.46. The Morgan fingerprint density at radius 1 is 0.829 bits per heavy atom. The number of aliphatic carboxylic acids is 1. The van der Waals surface area contributed by atoms with Gasteiger partial charge in [-0.2, -0.15) is 11.8 Å². The lowest BCUT2D eigenvalue weighted by molar-refractivity contribution is -0.162. The lowest BCUT2D eigenvalue weighted by Gasteiger charge is -2.28. The Balaban J connectivity index is 4.51. The SMILES string of the molecule is CCCCCCCCCCCCSC(CCCCCCC)C(C)OCC(OCCC)(P=O)C(=O)O. The number of hydrogen-bond donors (Lipinski definition) is 1. The molecule has 0 rings (SSSR count). The minimum Gasteiger partial charge on any atom is -0.478 e. The maximum Gasteiger partial charge on any atom is 0.350 e. The summed E-state index contributed by atoms with van der Waals surface area (Å²) in [5.74, 6) is -0.121. The first kappa shape index (κ1) is 34.8. The van der Waals surface area contributed by atoms with E-state index in [1.807, 2.05) is 25.6 Å². The van der Waals surface area contributed by atoms with Gasteiger partial charge < -0.3 is 14.6 Å². The largest absolute Gasteiger partial charge is 0.478 e. The lowest BCUT2D eigenvalue weighted by atomic mass is 10.1. The van der Waals surface area contributed by atoms with Crippen molar-refractivity contribution in [1.29, 1.82) is 0 Å². The van der Waals surface area contributed by atoms with Gasteiger partial charge in [0.15, 0.2) is 0 Å². The molecule has 0 saturated carbocycles. The normalized spacial score (nSPS) is 15.2. The fourth-order valence-corrected chi connectivity index (χ4v) is 5.81. The lowest BCUT2D eigenvalue weighted by Crippen LogP contribution is -2.43. The Morgan fingerprint density at radius 2 is 1.34 bits per heavy atom. The molecule has 208 valence electrons. The summed E-state index contributed by atoms with van der Waals surface area (Å²) in [7, 11) is -0.561. The van der Waals surface area contributed by atoms with Crippen molar-refractivity contribution in [3.05, 3.63) is 0 Å². The Hall–Kier alpha value is -0.160. The van der Waals surface area contributed by atoms with E-state index >= 15 is 0 Å². The minimum atomic E-state index is -1.81. The Labute approximate surface area is 222 Å². The highest BCUT2D eigenvalue weighted by Crippen LogP contribution is 2.30. The summed E-state index contributed by atoms with van der Waals surface area (Å²) >= 11 is 1.96. The standard InChI is InChI=1S/C28H55O5PS/c1-5-8-10-12-13-14-15-16-18-20-23-35-26(21-19-17-11-9-6-2)25(4)32-24-28(34-31,27(29)30)33-22-7-3/h25-26H,5-24H2,1-4H3,(H,29,30). The zero-order chi connectivity index (χ0) is 26.2. The highest BCUT2D eigenvalue weighted by molar-refractivity contribution is 7.99. The van der Waals surface area contributed by atoms with E-state index in [1.165, 1.54) is 96.3 Å². The van der Waals surface area contributed by atoms with Crippen LogP contribution in [0.4, 0.5) is 0 Å². The van der Waals surface area contributed by atoms with Gasteiger partial charge in [-0.15, -0.1) is 0 Å². The van der Waals surface area contributed by atoms with E-state index in [0.29, 0.717) is 11.7 Å². The molecule has 0 saturated heterocycles. The van der Waals surface area contributed by atoms with Gasteiger partial charge in [0, 0.05) is 11.9 Å². The van der Waals surface area contributed by atoms with Crippen LogP contribution in [0, 0.1) is 0 Å². The molecule has 0 fully saturated rings. The number of ether oxygens (including phenoxy) is 2. The van der Waals surface area contributed by atoms with Gasteiger partial charge in [-0.25, -0.2) is 4.79 Å². The van der Waals surface area contributed by atoms with Gasteiger partial charge in [-0.3, -0.25) is 4.57 Å². The van der Waals surface area contributed by atoms with Crippen LogP contribution in [-0.2, 0) is 18.8 Å². The maximum atomic E-state index is 11.8. The summed E-state index contributed by atoms with van der Waals surface area (Å²) in [5, 5.41) is 8.13. The average molecular weight is 535 g/mol. The van der Waals surface area contributed by atoms with Gasteiger partial charge in [0.25, 0.3) is 5.34 Å². The quantitative estimate of drug-likeness (QED) is 0.0836. The van der Waals surface area contributed by atoms with E-state index < -0.39 is 19.8 Å². The first-order valence-electron chi connectivity index (χ1n) is 14.4. The molecule has 35 heavy (non-hydrogen) atoms. The number of unbranched alkanes of at least 4 members (excludes halogenated alkanes) is 13. The van der Waals surface area contributed by atoms with Gasteiger partial charge in [-0.05, 0) is 31.9 Å². The third-order valence-electron chi connectivity index (χ3n) is 6.51. The monoisotopic (exact) mass is 534 g/mol. The van der Waals surface area contributed by atoms with E-state index in [4.69, 9.17) is 9.47 Å². The summed E-state index contributed by atoms with van der Waals surface area (Å²) in [6.07, 6.45) is 21.2. The molecule has 0 aliphatic heterocycles. The molecule has 0 heterocycles. The van der Waals surface area contributed by atoms with Crippen molar-refractivity contribution in [3.8, 4) is 0 Å². The predicted octanol–water partition coefficient (Wildman–Crippen LogP) is 9.27. The van der Waals surface area contributed by atoms with Crippen LogP contribution in [0.3, 0.4) is 0 Å². The van der Waals surface area contributed by atoms with E-state index in [9.17, 15) is 14.5 Å². The van der Waals surface area contributed by atoms with Crippen molar-refractivity contribution in [2.75, 3.05) is 19.0 Å². The van der Waals surface area contributed by atoms with Gasteiger partial charge in [0.05, 0.1) is 12.7 Å². The van der Waals surface area contributed by atoms with Crippen molar-refractivity contribution >= 4 is 26.2 Å². The van der Waals surface area contributed by atoms with Crippen LogP contribution in [0.25, 0.3) is 0 Å². The smallest absolute Gasteiger partial charge is 0.350 e. The number of hydrogen-bond acceptors (Lipinski definition) is 5. The van der Waals surface area contributed by atoms with Crippen molar-refractivity contribution in [3.63, 3.8) is 0 Å². The third kappa shape index (κ3) is 17.8. The molecule has 1 N–H and O–H groups in total. The fourth-order valence-electron chi connectivity index (χ4n) is 4.11.